The molecular formula is C3HBrF6O. The van der Waals surface area contributed by atoms with Gasteiger partial charge in [0.1, 0.15) is 0 Å². The van der Waals surface area contributed by atoms with Gasteiger partial charge in [-0.2, -0.15) is 26.3 Å². The number of hydrogen-bond acceptors (Lipinski definition) is 1. The average Bonchev–Trinajstić information content (AvgIpc) is 1.58. The van der Waals surface area contributed by atoms with Crippen molar-refractivity contribution in [1.82, 2.24) is 0 Å². The fraction of sp³-hybridized carbons (Fsp3) is 1.00. The highest BCUT2D eigenvalue weighted by atomic mass is 79.9. The van der Waals surface area contributed by atoms with Crippen LogP contribution in [0.15, 0.2) is 0 Å². The molecule has 0 spiro atoms. The van der Waals surface area contributed by atoms with Crippen LogP contribution < -0.4 is 0 Å². The van der Waals surface area contributed by atoms with Gasteiger partial charge < -0.3 is 5.11 Å². The third kappa shape index (κ3) is 1.98. The SMILES string of the molecule is OC(F)(C(F)(F)F)C(F)(F)Br. The first-order chi connectivity index (χ1) is 4.50. The maximum Gasteiger partial charge on any atom is 0.455 e. The third-order valence-electron chi connectivity index (χ3n) is 0.751. The van der Waals surface area contributed by atoms with Crippen molar-refractivity contribution < 1.29 is 31.4 Å². The second-order valence-electron chi connectivity index (χ2n) is 1.62. The molecule has 1 atom stereocenters. The fourth-order valence-corrected chi connectivity index (χ4v) is 0.386. The van der Waals surface area contributed by atoms with E-state index in [9.17, 15) is 26.3 Å². The van der Waals surface area contributed by atoms with Crippen LogP contribution in [-0.4, -0.2) is 22.0 Å². The Morgan fingerprint density at radius 2 is 1.18 bits per heavy atom. The predicted molar refractivity (Wildman–Crippen MR) is 26.0 cm³/mol. The lowest BCUT2D eigenvalue weighted by atomic mass is 10.3. The lowest BCUT2D eigenvalue weighted by Gasteiger charge is -2.25. The molecule has 0 saturated carbocycles. The molecule has 0 saturated heterocycles. The zero-order valence-electron chi connectivity index (χ0n) is 4.59. The van der Waals surface area contributed by atoms with Crippen LogP contribution in [0, 0.1) is 0 Å². The summed E-state index contributed by atoms with van der Waals surface area (Å²) in [5.41, 5.74) is 0. The Hall–Kier alpha value is 0.0200. The van der Waals surface area contributed by atoms with Crippen LogP contribution in [-0.2, 0) is 0 Å². The van der Waals surface area contributed by atoms with Crippen molar-refractivity contribution in [2.24, 2.45) is 0 Å². The Morgan fingerprint density at radius 1 is 0.909 bits per heavy atom. The van der Waals surface area contributed by atoms with Crippen LogP contribution in [0.1, 0.15) is 0 Å². The molecule has 0 bridgehead atoms. The number of halogens is 7. The molecule has 68 valence electrons. The molecule has 8 heteroatoms. The summed E-state index contributed by atoms with van der Waals surface area (Å²) in [6.07, 6.45) is -6.03. The van der Waals surface area contributed by atoms with E-state index >= 15 is 0 Å². The highest BCUT2D eigenvalue weighted by Gasteiger charge is 2.70. The molecular weight excluding hydrogens is 246 g/mol. The van der Waals surface area contributed by atoms with E-state index in [-0.39, 0.29) is 0 Å². The molecule has 1 unspecified atom stereocenters. The van der Waals surface area contributed by atoms with Crippen LogP contribution in [0.3, 0.4) is 0 Å². The maximum atomic E-state index is 11.7. The van der Waals surface area contributed by atoms with Gasteiger partial charge in [-0.25, -0.2) is 0 Å². The van der Waals surface area contributed by atoms with E-state index in [2.05, 4.69) is 0 Å². The van der Waals surface area contributed by atoms with Gasteiger partial charge in [-0.3, -0.25) is 0 Å². The Kier molecular flexibility index (Phi) is 2.52. The van der Waals surface area contributed by atoms with Gasteiger partial charge >= 0.3 is 16.9 Å². The maximum absolute atomic E-state index is 11.7. The van der Waals surface area contributed by atoms with Crippen molar-refractivity contribution in [3.05, 3.63) is 0 Å². The fourth-order valence-electron chi connectivity index (χ4n) is 0.161. The van der Waals surface area contributed by atoms with Crippen molar-refractivity contribution in [1.29, 1.82) is 0 Å². The van der Waals surface area contributed by atoms with E-state index < -0.39 is 16.9 Å². The smallest absolute Gasteiger partial charge is 0.349 e. The molecule has 1 N–H and O–H groups in total. The van der Waals surface area contributed by atoms with Gasteiger partial charge in [-0.1, -0.05) is 0 Å². The normalized spacial score (nSPS) is 19.6. The van der Waals surface area contributed by atoms with Gasteiger partial charge in [0, 0.05) is 0 Å². The Labute approximate surface area is 65.1 Å². The third-order valence-corrected chi connectivity index (χ3v) is 1.28. The van der Waals surface area contributed by atoms with Gasteiger partial charge in [0.2, 0.25) is 0 Å². The van der Waals surface area contributed by atoms with E-state index in [1.54, 1.807) is 0 Å². The molecule has 0 aromatic heterocycles. The van der Waals surface area contributed by atoms with E-state index in [0.29, 0.717) is 0 Å². The van der Waals surface area contributed by atoms with E-state index in [1.165, 1.54) is 0 Å². The lowest BCUT2D eigenvalue weighted by molar-refractivity contribution is -0.360. The van der Waals surface area contributed by atoms with Crippen molar-refractivity contribution in [3.8, 4) is 0 Å². The molecule has 0 heterocycles. The Morgan fingerprint density at radius 3 is 1.18 bits per heavy atom. The first-order valence-corrected chi connectivity index (χ1v) is 2.84. The quantitative estimate of drug-likeness (QED) is 0.556. The molecule has 0 aliphatic carbocycles. The minimum Gasteiger partial charge on any atom is -0.349 e. The summed E-state index contributed by atoms with van der Waals surface area (Å²) in [6, 6.07) is 0. The minimum absolute atomic E-state index is 1.06. The number of aliphatic hydroxyl groups is 1. The molecule has 0 aliphatic heterocycles. The highest BCUT2D eigenvalue weighted by molar-refractivity contribution is 9.10. The average molecular weight is 247 g/mol. The van der Waals surface area contributed by atoms with Crippen molar-refractivity contribution >= 4 is 15.9 Å². The molecule has 0 amide bonds. The molecule has 0 fully saturated rings. The largest absolute Gasteiger partial charge is 0.455 e. The number of rotatable bonds is 1. The Bertz CT molecular complexity index is 129. The summed E-state index contributed by atoms with van der Waals surface area (Å²) < 4.78 is 68.5. The standard InChI is InChI=1S/C3HBrF6O/c4-2(6,7)1(5,11)3(8,9)10/h11H. The summed E-state index contributed by atoms with van der Waals surface area (Å²) in [5.74, 6) is -5.54. The summed E-state index contributed by atoms with van der Waals surface area (Å²) in [6.45, 7) is 0. The molecule has 0 aromatic rings. The number of hydrogen-bond donors (Lipinski definition) is 1. The molecule has 11 heavy (non-hydrogen) atoms. The molecule has 0 aromatic carbocycles. The van der Waals surface area contributed by atoms with Crippen LogP contribution in [0.25, 0.3) is 0 Å². The lowest BCUT2D eigenvalue weighted by Crippen LogP contribution is -2.52. The van der Waals surface area contributed by atoms with Crippen molar-refractivity contribution in [2.75, 3.05) is 0 Å². The zero-order chi connectivity index (χ0) is 9.50. The van der Waals surface area contributed by atoms with Gasteiger partial charge in [-0.05, 0) is 15.9 Å². The van der Waals surface area contributed by atoms with Gasteiger partial charge in [-0.15, -0.1) is 0 Å². The van der Waals surface area contributed by atoms with Crippen LogP contribution in [0.2, 0.25) is 0 Å². The summed E-state index contributed by atoms with van der Waals surface area (Å²) in [4.78, 5) is -5.04. The molecule has 0 radical (unpaired) electrons. The van der Waals surface area contributed by atoms with Gasteiger partial charge in [0.15, 0.2) is 0 Å². The molecule has 0 rings (SSSR count). The second kappa shape index (κ2) is 2.51. The van der Waals surface area contributed by atoms with Crippen molar-refractivity contribution in [3.63, 3.8) is 0 Å². The van der Waals surface area contributed by atoms with Crippen LogP contribution >= 0.6 is 15.9 Å². The van der Waals surface area contributed by atoms with E-state index in [4.69, 9.17) is 5.11 Å². The zero-order valence-corrected chi connectivity index (χ0v) is 6.18. The first-order valence-electron chi connectivity index (χ1n) is 2.05. The molecule has 1 nitrogen and oxygen atoms in total. The van der Waals surface area contributed by atoms with E-state index in [1.807, 2.05) is 0 Å². The first kappa shape index (κ1) is 11.0. The predicted octanol–water partition coefficient (Wildman–Crippen LogP) is 2.19. The van der Waals surface area contributed by atoms with Gasteiger partial charge in [0.05, 0.1) is 0 Å². The van der Waals surface area contributed by atoms with E-state index in [0.717, 1.165) is 15.9 Å². The Balaban J connectivity index is 4.75. The van der Waals surface area contributed by atoms with Gasteiger partial charge in [0.25, 0.3) is 0 Å². The molecule has 0 aliphatic rings. The number of alkyl halides is 7. The topological polar surface area (TPSA) is 20.2 Å². The van der Waals surface area contributed by atoms with Crippen molar-refractivity contribution in [2.45, 2.75) is 16.9 Å². The van der Waals surface area contributed by atoms with Crippen LogP contribution in [0.5, 0.6) is 0 Å². The summed E-state index contributed by atoms with van der Waals surface area (Å²) in [5, 5.41) is 7.60. The monoisotopic (exact) mass is 246 g/mol. The summed E-state index contributed by atoms with van der Waals surface area (Å²) >= 11 is 1.06. The summed E-state index contributed by atoms with van der Waals surface area (Å²) in [7, 11) is 0. The highest BCUT2D eigenvalue weighted by Crippen LogP contribution is 2.46. The second-order valence-corrected chi connectivity index (χ2v) is 2.61. The minimum atomic E-state index is -6.03. The van der Waals surface area contributed by atoms with Crippen LogP contribution in [0.4, 0.5) is 26.3 Å².